The zero-order chi connectivity index (χ0) is 17.0. The maximum Gasteiger partial charge on any atom is 0.338 e. The second-order valence-corrected chi connectivity index (χ2v) is 6.46. The number of carbonyl (C=O) groups excluding carboxylic acids is 3. The molecule has 1 aliphatic heterocycles. The van der Waals surface area contributed by atoms with Crippen LogP contribution in [0.1, 0.15) is 43.1 Å². The number of esters is 2. The minimum atomic E-state index is -0.576. The molecule has 0 bridgehead atoms. The molecule has 2 rings (SSSR count). The average Bonchev–Trinajstić information content (AvgIpc) is 2.82. The highest BCUT2D eigenvalue weighted by molar-refractivity contribution is 5.90. The van der Waals surface area contributed by atoms with Gasteiger partial charge in [-0.1, -0.05) is 12.1 Å². The predicted octanol–water partition coefficient (Wildman–Crippen LogP) is 1.62. The van der Waals surface area contributed by atoms with Crippen LogP contribution in [0.2, 0.25) is 0 Å². The smallest absolute Gasteiger partial charge is 0.338 e. The first-order chi connectivity index (χ1) is 10.7. The van der Waals surface area contributed by atoms with Gasteiger partial charge in [0.1, 0.15) is 11.6 Å². The van der Waals surface area contributed by atoms with Gasteiger partial charge in [0.25, 0.3) is 0 Å². The number of ether oxygens (including phenoxy) is 2. The Balaban J connectivity index is 1.98. The van der Waals surface area contributed by atoms with Crippen molar-refractivity contribution < 1.29 is 23.9 Å². The highest BCUT2D eigenvalue weighted by atomic mass is 16.6. The van der Waals surface area contributed by atoms with Crippen molar-refractivity contribution in [1.82, 2.24) is 5.32 Å². The van der Waals surface area contributed by atoms with Crippen LogP contribution in [-0.4, -0.2) is 36.1 Å². The van der Waals surface area contributed by atoms with Crippen LogP contribution < -0.4 is 5.32 Å². The van der Waals surface area contributed by atoms with Gasteiger partial charge in [-0.2, -0.15) is 0 Å². The van der Waals surface area contributed by atoms with Crippen molar-refractivity contribution in [2.24, 2.45) is 0 Å². The zero-order valence-electron chi connectivity index (χ0n) is 13.5. The van der Waals surface area contributed by atoms with E-state index in [4.69, 9.17) is 9.47 Å². The van der Waals surface area contributed by atoms with E-state index in [9.17, 15) is 14.4 Å². The van der Waals surface area contributed by atoms with E-state index >= 15 is 0 Å². The van der Waals surface area contributed by atoms with Crippen molar-refractivity contribution in [3.8, 4) is 0 Å². The molecule has 1 aromatic rings. The normalized spacial score (nSPS) is 17.5. The number of amides is 1. The van der Waals surface area contributed by atoms with Gasteiger partial charge in [0, 0.05) is 6.42 Å². The summed E-state index contributed by atoms with van der Waals surface area (Å²) < 4.78 is 10.1. The van der Waals surface area contributed by atoms with Crippen molar-refractivity contribution in [3.05, 3.63) is 35.4 Å². The Kier molecular flexibility index (Phi) is 5.03. The first-order valence-electron chi connectivity index (χ1n) is 7.53. The van der Waals surface area contributed by atoms with Crippen LogP contribution in [0, 0.1) is 0 Å². The molecule has 1 aliphatic rings. The number of cyclic esters (lactones) is 1. The van der Waals surface area contributed by atoms with E-state index < -0.39 is 23.6 Å². The fraction of sp³-hybridized carbons (Fsp3) is 0.471. The van der Waals surface area contributed by atoms with E-state index in [0.29, 0.717) is 24.2 Å². The lowest BCUT2D eigenvalue weighted by Gasteiger charge is -2.19. The number of hydrogen-bond donors (Lipinski definition) is 1. The number of nitrogens with one attached hydrogen (secondary N) is 1. The van der Waals surface area contributed by atoms with Gasteiger partial charge < -0.3 is 14.8 Å². The van der Waals surface area contributed by atoms with Crippen LogP contribution in [-0.2, 0) is 25.5 Å². The summed E-state index contributed by atoms with van der Waals surface area (Å²) in [5, 5.41) is 2.63. The van der Waals surface area contributed by atoms with E-state index in [1.807, 2.05) is 0 Å². The molecule has 0 spiro atoms. The van der Waals surface area contributed by atoms with Crippen molar-refractivity contribution in [3.63, 3.8) is 0 Å². The standard InChI is InChI=1S/C17H21NO5/c1-17(2,3)23-15(20)12-6-4-5-11(9-12)10-14(19)18-13-7-8-22-16(13)21/h4-6,9,13H,7-8,10H2,1-3H3,(H,18,19)/t13-/m0/s1. The molecule has 23 heavy (non-hydrogen) atoms. The Morgan fingerprint density at radius 2 is 2.09 bits per heavy atom. The molecule has 1 heterocycles. The molecule has 1 saturated heterocycles. The van der Waals surface area contributed by atoms with Crippen molar-refractivity contribution >= 4 is 17.8 Å². The van der Waals surface area contributed by atoms with Crippen molar-refractivity contribution in [2.75, 3.05) is 6.61 Å². The fourth-order valence-corrected chi connectivity index (χ4v) is 2.20. The number of benzene rings is 1. The molecule has 0 unspecified atom stereocenters. The minimum Gasteiger partial charge on any atom is -0.464 e. The maximum absolute atomic E-state index is 12.0. The van der Waals surface area contributed by atoms with E-state index in [0.717, 1.165) is 0 Å². The van der Waals surface area contributed by atoms with Gasteiger partial charge in [-0.3, -0.25) is 4.79 Å². The Hall–Kier alpha value is -2.37. The molecule has 6 heteroatoms. The number of hydrogen-bond acceptors (Lipinski definition) is 5. The lowest BCUT2D eigenvalue weighted by molar-refractivity contribution is -0.141. The van der Waals surface area contributed by atoms with Crippen LogP contribution in [0.4, 0.5) is 0 Å². The predicted molar refractivity (Wildman–Crippen MR) is 82.8 cm³/mol. The SMILES string of the molecule is CC(C)(C)OC(=O)c1cccc(CC(=O)N[C@H]2CCOC2=O)c1. The Morgan fingerprint density at radius 3 is 2.70 bits per heavy atom. The van der Waals surface area contributed by atoms with E-state index in [2.05, 4.69) is 5.32 Å². The number of carbonyl (C=O) groups is 3. The fourth-order valence-electron chi connectivity index (χ4n) is 2.20. The van der Waals surface area contributed by atoms with Gasteiger partial charge in [-0.05, 0) is 38.5 Å². The van der Waals surface area contributed by atoms with Gasteiger partial charge in [-0.15, -0.1) is 0 Å². The lowest BCUT2D eigenvalue weighted by atomic mass is 10.1. The number of rotatable bonds is 4. The molecule has 0 aromatic heterocycles. The molecular weight excluding hydrogens is 298 g/mol. The van der Waals surface area contributed by atoms with Gasteiger partial charge in [-0.25, -0.2) is 9.59 Å². The van der Waals surface area contributed by atoms with Gasteiger partial charge >= 0.3 is 11.9 Å². The Morgan fingerprint density at radius 1 is 1.35 bits per heavy atom. The molecule has 1 aromatic carbocycles. The minimum absolute atomic E-state index is 0.0837. The van der Waals surface area contributed by atoms with Crippen LogP contribution in [0.5, 0.6) is 0 Å². The summed E-state index contributed by atoms with van der Waals surface area (Å²) in [6.45, 7) is 5.71. The first-order valence-corrected chi connectivity index (χ1v) is 7.53. The van der Waals surface area contributed by atoms with Gasteiger partial charge in [0.05, 0.1) is 18.6 Å². The molecule has 124 valence electrons. The first kappa shape index (κ1) is 17.0. The summed E-state index contributed by atoms with van der Waals surface area (Å²) in [6, 6.07) is 6.15. The Bertz CT molecular complexity index is 618. The molecule has 0 radical (unpaired) electrons. The molecule has 1 amide bonds. The maximum atomic E-state index is 12.0. The molecule has 0 saturated carbocycles. The third kappa shape index (κ3) is 5.09. The average molecular weight is 319 g/mol. The zero-order valence-corrected chi connectivity index (χ0v) is 13.5. The van der Waals surface area contributed by atoms with Gasteiger partial charge in [0.15, 0.2) is 0 Å². The van der Waals surface area contributed by atoms with Crippen LogP contribution in [0.3, 0.4) is 0 Å². The molecule has 0 aliphatic carbocycles. The summed E-state index contributed by atoms with van der Waals surface area (Å²) in [4.78, 5) is 35.4. The second-order valence-electron chi connectivity index (χ2n) is 6.46. The molecular formula is C17H21NO5. The third-order valence-electron chi connectivity index (χ3n) is 3.20. The van der Waals surface area contributed by atoms with E-state index in [1.165, 1.54) is 0 Å². The molecule has 1 atom stereocenters. The van der Waals surface area contributed by atoms with E-state index in [-0.39, 0.29) is 12.3 Å². The summed E-state index contributed by atoms with van der Waals surface area (Å²) in [5.74, 6) is -1.12. The van der Waals surface area contributed by atoms with E-state index in [1.54, 1.807) is 45.0 Å². The summed E-state index contributed by atoms with van der Waals surface area (Å²) in [7, 11) is 0. The van der Waals surface area contributed by atoms with Crippen LogP contribution in [0.15, 0.2) is 24.3 Å². The highest BCUT2D eigenvalue weighted by Gasteiger charge is 2.27. The summed E-state index contributed by atoms with van der Waals surface area (Å²) >= 11 is 0. The van der Waals surface area contributed by atoms with Gasteiger partial charge in [0.2, 0.25) is 5.91 Å². The largest absolute Gasteiger partial charge is 0.464 e. The molecule has 1 N–H and O–H groups in total. The quantitative estimate of drug-likeness (QED) is 0.853. The summed E-state index contributed by atoms with van der Waals surface area (Å²) in [5.41, 5.74) is 0.496. The lowest BCUT2D eigenvalue weighted by Crippen LogP contribution is -2.38. The monoisotopic (exact) mass is 319 g/mol. The van der Waals surface area contributed by atoms with Crippen molar-refractivity contribution in [1.29, 1.82) is 0 Å². The van der Waals surface area contributed by atoms with Crippen LogP contribution in [0.25, 0.3) is 0 Å². The topological polar surface area (TPSA) is 81.7 Å². The molecule has 6 nitrogen and oxygen atoms in total. The summed E-state index contributed by atoms with van der Waals surface area (Å²) in [6.07, 6.45) is 0.572. The van der Waals surface area contributed by atoms with Crippen molar-refractivity contribution in [2.45, 2.75) is 45.3 Å². The van der Waals surface area contributed by atoms with Crippen LogP contribution >= 0.6 is 0 Å². The highest BCUT2D eigenvalue weighted by Crippen LogP contribution is 2.14. The second kappa shape index (κ2) is 6.81. The Labute approximate surface area is 135 Å². The third-order valence-corrected chi connectivity index (χ3v) is 3.20. The molecule has 1 fully saturated rings.